The zero-order valence-corrected chi connectivity index (χ0v) is 9.89. The molecule has 0 aromatic carbocycles. The summed E-state index contributed by atoms with van der Waals surface area (Å²) >= 11 is 0. The molecule has 0 heterocycles. The van der Waals surface area contributed by atoms with Gasteiger partial charge in [-0.25, -0.2) is 0 Å². The molecule has 6 heteroatoms. The predicted octanol–water partition coefficient (Wildman–Crippen LogP) is 0.655. The molecule has 1 rings (SSSR count). The summed E-state index contributed by atoms with van der Waals surface area (Å²) in [7, 11) is -3.56. The lowest BCUT2D eigenvalue weighted by Crippen LogP contribution is -2.51. The first-order chi connectivity index (χ1) is 6.89. The van der Waals surface area contributed by atoms with Crippen molar-refractivity contribution in [3.63, 3.8) is 0 Å². The van der Waals surface area contributed by atoms with Gasteiger partial charge in [0.25, 0.3) is 10.2 Å². The highest BCUT2D eigenvalue weighted by Gasteiger charge is 2.37. The number of nitriles is 1. The Bertz CT molecular complexity index is 350. The minimum absolute atomic E-state index is 0.167. The third kappa shape index (κ3) is 3.45. The van der Waals surface area contributed by atoms with E-state index in [9.17, 15) is 8.42 Å². The first kappa shape index (κ1) is 12.4. The number of hydrogen-bond acceptors (Lipinski definition) is 3. The molecule has 0 amide bonds. The van der Waals surface area contributed by atoms with Crippen molar-refractivity contribution >= 4 is 10.2 Å². The van der Waals surface area contributed by atoms with E-state index < -0.39 is 15.7 Å². The lowest BCUT2D eigenvalue weighted by Gasteiger charge is -2.22. The second kappa shape index (κ2) is 4.47. The lowest BCUT2D eigenvalue weighted by molar-refractivity contribution is 0.474. The molecule has 1 saturated carbocycles. The van der Waals surface area contributed by atoms with Crippen LogP contribution in [0.2, 0.25) is 0 Å². The van der Waals surface area contributed by atoms with Crippen molar-refractivity contribution in [3.8, 4) is 6.07 Å². The highest BCUT2D eigenvalue weighted by Crippen LogP contribution is 2.29. The van der Waals surface area contributed by atoms with Crippen LogP contribution in [-0.2, 0) is 10.2 Å². The van der Waals surface area contributed by atoms with E-state index >= 15 is 0 Å². The fourth-order valence-electron chi connectivity index (χ4n) is 1.81. The maximum absolute atomic E-state index is 11.6. The molecule has 0 bridgehead atoms. The third-order valence-corrected chi connectivity index (χ3v) is 3.83. The molecule has 1 aliphatic rings. The molecule has 1 fully saturated rings. The Balaban J connectivity index is 2.72. The van der Waals surface area contributed by atoms with E-state index in [1.165, 1.54) is 0 Å². The molecular weight excluding hydrogens is 214 g/mol. The summed E-state index contributed by atoms with van der Waals surface area (Å²) in [4.78, 5) is 0. The monoisotopic (exact) mass is 231 g/mol. The van der Waals surface area contributed by atoms with Crippen LogP contribution in [0.3, 0.4) is 0 Å². The maximum atomic E-state index is 11.6. The molecule has 0 radical (unpaired) electrons. The highest BCUT2D eigenvalue weighted by atomic mass is 32.2. The fourth-order valence-corrected chi connectivity index (χ4v) is 3.26. The molecule has 0 spiro atoms. The van der Waals surface area contributed by atoms with Crippen molar-refractivity contribution in [3.05, 3.63) is 0 Å². The molecule has 0 atom stereocenters. The van der Waals surface area contributed by atoms with Crippen LogP contribution >= 0.6 is 0 Å². The van der Waals surface area contributed by atoms with Crippen LogP contribution in [0.25, 0.3) is 0 Å². The van der Waals surface area contributed by atoms with E-state index in [1.54, 1.807) is 13.8 Å². The lowest BCUT2D eigenvalue weighted by atomic mass is 10.0. The molecule has 2 N–H and O–H groups in total. The quantitative estimate of drug-likeness (QED) is 0.745. The van der Waals surface area contributed by atoms with Gasteiger partial charge in [-0.15, -0.1) is 0 Å². The van der Waals surface area contributed by atoms with Gasteiger partial charge in [0.15, 0.2) is 0 Å². The molecule has 1 aliphatic carbocycles. The third-order valence-electron chi connectivity index (χ3n) is 2.39. The van der Waals surface area contributed by atoms with Crippen molar-refractivity contribution in [2.45, 2.75) is 51.1 Å². The van der Waals surface area contributed by atoms with E-state index in [2.05, 4.69) is 15.5 Å². The van der Waals surface area contributed by atoms with Gasteiger partial charge >= 0.3 is 0 Å². The van der Waals surface area contributed by atoms with Crippen LogP contribution in [0.5, 0.6) is 0 Å². The van der Waals surface area contributed by atoms with Crippen LogP contribution in [0.15, 0.2) is 0 Å². The molecule has 0 aromatic heterocycles. The molecule has 15 heavy (non-hydrogen) atoms. The number of rotatable bonds is 4. The van der Waals surface area contributed by atoms with Gasteiger partial charge in [0, 0.05) is 6.04 Å². The molecule has 86 valence electrons. The minimum atomic E-state index is -3.56. The number of nitrogens with zero attached hydrogens (tertiary/aromatic N) is 1. The van der Waals surface area contributed by atoms with Crippen molar-refractivity contribution in [1.29, 1.82) is 5.26 Å². The van der Waals surface area contributed by atoms with E-state index in [0.29, 0.717) is 12.8 Å². The summed E-state index contributed by atoms with van der Waals surface area (Å²) in [5, 5.41) is 9.01. The van der Waals surface area contributed by atoms with Gasteiger partial charge in [0.05, 0.1) is 6.07 Å². The second-order valence-corrected chi connectivity index (χ2v) is 5.73. The van der Waals surface area contributed by atoms with Crippen LogP contribution in [0, 0.1) is 11.3 Å². The van der Waals surface area contributed by atoms with Crippen LogP contribution in [0.1, 0.15) is 39.5 Å². The standard InChI is InChI=1S/C9H17N3O2S/c1-8(2)11-15(13,14)12-9(7-10)5-3-4-6-9/h8,11-12H,3-6H2,1-2H3. The summed E-state index contributed by atoms with van der Waals surface area (Å²) in [5.41, 5.74) is -0.888. The Morgan fingerprint density at radius 3 is 2.27 bits per heavy atom. The zero-order chi connectivity index (χ0) is 11.5. The first-order valence-corrected chi connectivity index (χ1v) is 6.60. The van der Waals surface area contributed by atoms with Crippen molar-refractivity contribution in [2.75, 3.05) is 0 Å². The average molecular weight is 231 g/mol. The Morgan fingerprint density at radius 1 is 1.33 bits per heavy atom. The van der Waals surface area contributed by atoms with Crippen LogP contribution in [0.4, 0.5) is 0 Å². The summed E-state index contributed by atoms with van der Waals surface area (Å²) in [6.45, 7) is 3.49. The number of nitrogens with one attached hydrogen (secondary N) is 2. The smallest absolute Gasteiger partial charge is 0.200 e. The molecule has 0 saturated heterocycles. The topological polar surface area (TPSA) is 82.0 Å². The Labute approximate surface area is 91.0 Å². The normalized spacial score (nSPS) is 20.4. The molecule has 0 aliphatic heterocycles. The van der Waals surface area contributed by atoms with Crippen molar-refractivity contribution in [1.82, 2.24) is 9.44 Å². The summed E-state index contributed by atoms with van der Waals surface area (Å²) < 4.78 is 28.0. The SMILES string of the molecule is CC(C)NS(=O)(=O)NC1(C#N)CCCC1. The average Bonchev–Trinajstić information content (AvgIpc) is 2.50. The molecule has 5 nitrogen and oxygen atoms in total. The van der Waals surface area contributed by atoms with Gasteiger partial charge in [-0.1, -0.05) is 12.8 Å². The largest absolute Gasteiger partial charge is 0.278 e. The Kier molecular flexibility index (Phi) is 3.71. The number of hydrogen-bond donors (Lipinski definition) is 2. The Morgan fingerprint density at radius 2 is 1.87 bits per heavy atom. The van der Waals surface area contributed by atoms with E-state index in [0.717, 1.165) is 12.8 Å². The first-order valence-electron chi connectivity index (χ1n) is 5.12. The van der Waals surface area contributed by atoms with E-state index in [1.807, 2.05) is 0 Å². The van der Waals surface area contributed by atoms with Crippen molar-refractivity contribution < 1.29 is 8.42 Å². The predicted molar refractivity (Wildman–Crippen MR) is 57.1 cm³/mol. The summed E-state index contributed by atoms with van der Waals surface area (Å²) in [6, 6.07) is 1.91. The van der Waals surface area contributed by atoms with Crippen molar-refractivity contribution in [2.24, 2.45) is 0 Å². The van der Waals surface area contributed by atoms with Crippen LogP contribution in [-0.4, -0.2) is 20.0 Å². The second-order valence-electron chi connectivity index (χ2n) is 4.28. The highest BCUT2D eigenvalue weighted by molar-refractivity contribution is 7.87. The van der Waals surface area contributed by atoms with Crippen LogP contribution < -0.4 is 9.44 Å². The van der Waals surface area contributed by atoms with E-state index in [-0.39, 0.29) is 6.04 Å². The van der Waals surface area contributed by atoms with Gasteiger partial charge in [-0.3, -0.25) is 0 Å². The zero-order valence-electron chi connectivity index (χ0n) is 9.08. The maximum Gasteiger partial charge on any atom is 0.278 e. The minimum Gasteiger partial charge on any atom is -0.200 e. The summed E-state index contributed by atoms with van der Waals surface area (Å²) in [6.07, 6.45) is 3.00. The molecule has 0 aromatic rings. The van der Waals surface area contributed by atoms with Gasteiger partial charge in [0.2, 0.25) is 0 Å². The van der Waals surface area contributed by atoms with Gasteiger partial charge < -0.3 is 0 Å². The van der Waals surface area contributed by atoms with Gasteiger partial charge in [-0.2, -0.15) is 23.1 Å². The summed E-state index contributed by atoms with van der Waals surface area (Å²) in [5.74, 6) is 0. The van der Waals surface area contributed by atoms with E-state index in [4.69, 9.17) is 5.26 Å². The van der Waals surface area contributed by atoms with Gasteiger partial charge in [-0.05, 0) is 26.7 Å². The fraction of sp³-hybridized carbons (Fsp3) is 0.889. The molecule has 0 unspecified atom stereocenters. The Hall–Kier alpha value is -0.640. The molecular formula is C9H17N3O2S. The van der Waals surface area contributed by atoms with Gasteiger partial charge in [0.1, 0.15) is 5.54 Å².